The lowest BCUT2D eigenvalue weighted by atomic mass is 9.90. The van der Waals surface area contributed by atoms with Gasteiger partial charge in [0, 0.05) is 23.4 Å². The monoisotopic (exact) mass is 399 g/mol. The average molecular weight is 399 g/mol. The molecule has 28 heavy (non-hydrogen) atoms. The maximum atomic E-state index is 12.2. The van der Waals surface area contributed by atoms with Crippen molar-refractivity contribution < 1.29 is 13.9 Å². The fourth-order valence-corrected chi connectivity index (χ4v) is 4.43. The quantitative estimate of drug-likeness (QED) is 0.651. The van der Waals surface area contributed by atoms with Crippen molar-refractivity contribution in [2.75, 3.05) is 11.9 Å². The molecule has 3 aromatic rings. The summed E-state index contributed by atoms with van der Waals surface area (Å²) in [7, 11) is 0. The van der Waals surface area contributed by atoms with E-state index in [-0.39, 0.29) is 12.5 Å². The molecule has 0 spiro atoms. The van der Waals surface area contributed by atoms with Gasteiger partial charge < -0.3 is 9.15 Å². The summed E-state index contributed by atoms with van der Waals surface area (Å²) in [6.45, 7) is 1.68. The van der Waals surface area contributed by atoms with E-state index in [4.69, 9.17) is 9.15 Å². The third kappa shape index (κ3) is 4.22. The van der Waals surface area contributed by atoms with E-state index < -0.39 is 5.63 Å². The van der Waals surface area contributed by atoms with Crippen molar-refractivity contribution >= 4 is 33.3 Å². The van der Waals surface area contributed by atoms with Gasteiger partial charge >= 0.3 is 5.63 Å². The second-order valence-corrected chi connectivity index (χ2v) is 8.03. The Balaban J connectivity index is 1.36. The number of aromatic nitrogens is 2. The fraction of sp³-hybridized carbons (Fsp3) is 0.400. The number of anilines is 1. The Labute approximate surface area is 165 Å². The molecule has 0 bridgehead atoms. The summed E-state index contributed by atoms with van der Waals surface area (Å²) >= 11 is 1.44. The highest BCUT2D eigenvalue weighted by molar-refractivity contribution is 7.15. The zero-order valence-corrected chi connectivity index (χ0v) is 16.4. The van der Waals surface area contributed by atoms with Crippen LogP contribution in [0.2, 0.25) is 0 Å². The number of carbonyl (C=O) groups is 1. The van der Waals surface area contributed by atoms with E-state index >= 15 is 0 Å². The van der Waals surface area contributed by atoms with Gasteiger partial charge in [-0.25, -0.2) is 4.79 Å². The normalized spacial score (nSPS) is 14.9. The number of carbonyl (C=O) groups excluding carboxylic acids is 1. The van der Waals surface area contributed by atoms with Crippen LogP contribution in [0.25, 0.3) is 11.0 Å². The average Bonchev–Trinajstić information content (AvgIpc) is 3.15. The standard InChI is InChI=1S/C20H21N3O4S/c1-12-9-18(25)27-16-10-14(7-8-15(12)16)26-11-17(24)21-20-23-22-19(28-20)13-5-3-2-4-6-13/h7-10,13H,2-6,11H2,1H3,(H,21,23,24). The van der Waals surface area contributed by atoms with E-state index in [0.29, 0.717) is 22.4 Å². The van der Waals surface area contributed by atoms with E-state index in [2.05, 4.69) is 15.5 Å². The van der Waals surface area contributed by atoms with Crippen LogP contribution < -0.4 is 15.7 Å². The molecule has 4 rings (SSSR count). The summed E-state index contributed by atoms with van der Waals surface area (Å²) in [5, 5.41) is 13.4. The number of amides is 1. The molecule has 1 aliphatic rings. The second kappa shape index (κ2) is 8.10. The van der Waals surface area contributed by atoms with Gasteiger partial charge in [0.2, 0.25) is 5.13 Å². The van der Waals surface area contributed by atoms with E-state index in [1.807, 2.05) is 13.0 Å². The lowest BCUT2D eigenvalue weighted by Gasteiger charge is -2.18. The zero-order chi connectivity index (χ0) is 19.5. The number of fused-ring (bicyclic) bond motifs is 1. The van der Waals surface area contributed by atoms with Crippen LogP contribution in [0.4, 0.5) is 5.13 Å². The van der Waals surface area contributed by atoms with Crippen molar-refractivity contribution in [1.29, 1.82) is 0 Å². The predicted octanol–water partition coefficient (Wildman–Crippen LogP) is 4.02. The van der Waals surface area contributed by atoms with Crippen molar-refractivity contribution in [2.24, 2.45) is 0 Å². The Kier molecular flexibility index (Phi) is 5.38. The van der Waals surface area contributed by atoms with Crippen LogP contribution in [0.3, 0.4) is 0 Å². The number of nitrogens with zero attached hydrogens (tertiary/aromatic N) is 2. The van der Waals surface area contributed by atoms with Gasteiger partial charge in [0.25, 0.3) is 5.91 Å². The minimum absolute atomic E-state index is 0.167. The number of hydrogen-bond donors (Lipinski definition) is 1. The van der Waals surface area contributed by atoms with Crippen LogP contribution in [0, 0.1) is 6.92 Å². The van der Waals surface area contributed by atoms with Gasteiger partial charge in [-0.15, -0.1) is 10.2 Å². The minimum Gasteiger partial charge on any atom is -0.484 e. The first-order chi connectivity index (χ1) is 13.6. The first-order valence-electron chi connectivity index (χ1n) is 9.39. The highest BCUT2D eigenvalue weighted by Gasteiger charge is 2.20. The van der Waals surface area contributed by atoms with E-state index in [9.17, 15) is 9.59 Å². The molecular weight excluding hydrogens is 378 g/mol. The van der Waals surface area contributed by atoms with Gasteiger partial charge in [-0.3, -0.25) is 10.1 Å². The first kappa shape index (κ1) is 18.6. The van der Waals surface area contributed by atoms with Crippen LogP contribution in [0.5, 0.6) is 5.75 Å². The van der Waals surface area contributed by atoms with Crippen molar-refractivity contribution in [2.45, 2.75) is 44.9 Å². The number of benzene rings is 1. The minimum atomic E-state index is -0.412. The van der Waals surface area contributed by atoms with Crippen molar-refractivity contribution in [1.82, 2.24) is 10.2 Å². The third-order valence-electron chi connectivity index (χ3n) is 4.93. The lowest BCUT2D eigenvalue weighted by molar-refractivity contribution is -0.118. The molecule has 1 saturated carbocycles. The van der Waals surface area contributed by atoms with Gasteiger partial charge in [0.1, 0.15) is 16.3 Å². The Morgan fingerprint density at radius 2 is 2.07 bits per heavy atom. The molecule has 1 aromatic carbocycles. The molecule has 7 nitrogen and oxygen atoms in total. The summed E-state index contributed by atoms with van der Waals surface area (Å²) in [6.07, 6.45) is 6.02. The number of nitrogens with one attached hydrogen (secondary N) is 1. The molecule has 1 fully saturated rings. The second-order valence-electron chi connectivity index (χ2n) is 7.02. The molecule has 2 heterocycles. The van der Waals surface area contributed by atoms with Gasteiger partial charge in [-0.1, -0.05) is 30.6 Å². The Bertz CT molecular complexity index is 1050. The summed E-state index contributed by atoms with van der Waals surface area (Å²) in [5.41, 5.74) is 0.856. The molecular formula is C20H21N3O4S. The summed E-state index contributed by atoms with van der Waals surface area (Å²) in [5.74, 6) is 0.609. The van der Waals surface area contributed by atoms with Crippen LogP contribution in [-0.4, -0.2) is 22.7 Å². The molecule has 1 N–H and O–H groups in total. The molecule has 2 aromatic heterocycles. The third-order valence-corrected chi connectivity index (χ3v) is 5.94. The Hall–Kier alpha value is -2.74. The van der Waals surface area contributed by atoms with Crippen LogP contribution in [-0.2, 0) is 4.79 Å². The lowest BCUT2D eigenvalue weighted by Crippen LogP contribution is -2.20. The predicted molar refractivity (Wildman–Crippen MR) is 107 cm³/mol. The maximum Gasteiger partial charge on any atom is 0.336 e. The summed E-state index contributed by atoms with van der Waals surface area (Å²) in [6, 6.07) is 6.61. The fourth-order valence-electron chi connectivity index (χ4n) is 3.50. The topological polar surface area (TPSA) is 94.3 Å². The van der Waals surface area contributed by atoms with E-state index in [0.717, 1.165) is 28.8 Å². The number of hydrogen-bond acceptors (Lipinski definition) is 7. The van der Waals surface area contributed by atoms with Gasteiger partial charge in [-0.05, 0) is 37.5 Å². The molecule has 1 aliphatic carbocycles. The van der Waals surface area contributed by atoms with Crippen molar-refractivity contribution in [3.63, 3.8) is 0 Å². The maximum absolute atomic E-state index is 12.2. The van der Waals surface area contributed by atoms with Crippen molar-refractivity contribution in [3.05, 3.63) is 45.3 Å². The molecule has 0 aliphatic heterocycles. The number of ether oxygens (including phenoxy) is 1. The largest absolute Gasteiger partial charge is 0.484 e. The molecule has 146 valence electrons. The Morgan fingerprint density at radius 3 is 2.89 bits per heavy atom. The van der Waals surface area contributed by atoms with E-state index in [1.165, 1.54) is 36.7 Å². The van der Waals surface area contributed by atoms with Crippen molar-refractivity contribution in [3.8, 4) is 5.75 Å². The van der Waals surface area contributed by atoms with Gasteiger partial charge in [0.05, 0.1) is 0 Å². The molecule has 8 heteroatoms. The molecule has 1 amide bonds. The highest BCUT2D eigenvalue weighted by Crippen LogP contribution is 2.35. The van der Waals surface area contributed by atoms with Gasteiger partial charge in [-0.2, -0.15) is 0 Å². The summed E-state index contributed by atoms with van der Waals surface area (Å²) < 4.78 is 10.7. The Morgan fingerprint density at radius 1 is 1.25 bits per heavy atom. The SMILES string of the molecule is Cc1cc(=O)oc2cc(OCC(=O)Nc3nnc(C4CCCCC4)s3)ccc12. The van der Waals surface area contributed by atoms with Crippen LogP contribution in [0.1, 0.15) is 48.6 Å². The summed E-state index contributed by atoms with van der Waals surface area (Å²) in [4.78, 5) is 23.7. The highest BCUT2D eigenvalue weighted by atomic mass is 32.1. The smallest absolute Gasteiger partial charge is 0.336 e. The van der Waals surface area contributed by atoms with E-state index in [1.54, 1.807) is 12.1 Å². The molecule has 0 unspecified atom stereocenters. The first-order valence-corrected chi connectivity index (χ1v) is 10.2. The van der Waals surface area contributed by atoms with Crippen LogP contribution in [0.15, 0.2) is 33.5 Å². The molecule has 0 radical (unpaired) electrons. The number of aryl methyl sites for hydroxylation is 1. The molecule has 0 atom stereocenters. The number of rotatable bonds is 5. The van der Waals surface area contributed by atoms with Gasteiger partial charge in [0.15, 0.2) is 6.61 Å². The zero-order valence-electron chi connectivity index (χ0n) is 15.6. The molecule has 0 saturated heterocycles. The van der Waals surface area contributed by atoms with Crippen LogP contribution >= 0.6 is 11.3 Å².